The van der Waals surface area contributed by atoms with Gasteiger partial charge in [0.15, 0.2) is 0 Å². The number of anilines is 1. The third-order valence-corrected chi connectivity index (χ3v) is 6.48. The van der Waals surface area contributed by atoms with Crippen molar-refractivity contribution < 1.29 is 22.4 Å². The van der Waals surface area contributed by atoms with E-state index >= 15 is 0 Å². The van der Waals surface area contributed by atoms with Crippen molar-refractivity contribution >= 4 is 50.7 Å². The first kappa shape index (κ1) is 27.9. The molecule has 186 valence electrons. The first-order chi connectivity index (χ1) is 15.6. The van der Waals surface area contributed by atoms with Crippen molar-refractivity contribution in [2.75, 3.05) is 17.1 Å². The second-order valence-electron chi connectivity index (χ2n) is 8.93. The molecule has 0 saturated heterocycles. The number of halogens is 3. The molecule has 0 fully saturated rings. The molecule has 2 amide bonds. The molecule has 7 nitrogen and oxygen atoms in total. The Labute approximate surface area is 209 Å². The van der Waals surface area contributed by atoms with Crippen LogP contribution in [0.1, 0.15) is 33.3 Å². The Bertz CT molecular complexity index is 1150. The monoisotopic (exact) mass is 531 g/mol. The van der Waals surface area contributed by atoms with Gasteiger partial charge in [0.2, 0.25) is 21.8 Å². The van der Waals surface area contributed by atoms with Crippen molar-refractivity contribution in [2.45, 2.75) is 45.8 Å². The molecule has 11 heteroatoms. The lowest BCUT2D eigenvalue weighted by molar-refractivity contribution is -0.140. The summed E-state index contributed by atoms with van der Waals surface area (Å²) in [5.41, 5.74) is 0.189. The first-order valence-corrected chi connectivity index (χ1v) is 13.0. The molecule has 0 spiro atoms. The van der Waals surface area contributed by atoms with Crippen LogP contribution in [-0.4, -0.2) is 49.5 Å². The van der Waals surface area contributed by atoms with Crippen molar-refractivity contribution in [1.29, 1.82) is 0 Å². The van der Waals surface area contributed by atoms with E-state index in [1.165, 1.54) is 11.0 Å². The van der Waals surface area contributed by atoms with Gasteiger partial charge in [-0.1, -0.05) is 35.3 Å². The zero-order valence-electron chi connectivity index (χ0n) is 19.6. The largest absolute Gasteiger partial charge is 0.350 e. The third kappa shape index (κ3) is 7.85. The maximum Gasteiger partial charge on any atom is 0.244 e. The molecule has 0 aromatic heterocycles. The maximum absolute atomic E-state index is 13.6. The summed E-state index contributed by atoms with van der Waals surface area (Å²) in [6.07, 6.45) is 0.927. The van der Waals surface area contributed by atoms with Gasteiger partial charge in [0, 0.05) is 17.1 Å². The molecule has 1 N–H and O–H groups in total. The Hall–Kier alpha value is -2.36. The SMILES string of the molecule is C[C@H](C(=O)NC(C)(C)C)N(Cc1ccc(Cl)cc1)C(=O)CN(c1ccc(F)c(Cl)c1)S(C)(=O)=O. The molecule has 0 heterocycles. The predicted octanol–water partition coefficient (Wildman–Crippen LogP) is 4.23. The lowest BCUT2D eigenvalue weighted by Crippen LogP contribution is -2.54. The normalized spacial score (nSPS) is 12.7. The molecule has 0 unspecified atom stereocenters. The van der Waals surface area contributed by atoms with Gasteiger partial charge in [0.05, 0.1) is 17.0 Å². The summed E-state index contributed by atoms with van der Waals surface area (Å²) in [6.45, 7) is 6.43. The number of nitrogens with one attached hydrogen (secondary N) is 1. The summed E-state index contributed by atoms with van der Waals surface area (Å²) < 4.78 is 39.4. The van der Waals surface area contributed by atoms with Gasteiger partial charge in [-0.3, -0.25) is 13.9 Å². The number of benzene rings is 2. The minimum Gasteiger partial charge on any atom is -0.350 e. The molecular formula is C23H28Cl2FN3O4S. The van der Waals surface area contributed by atoms with E-state index < -0.39 is 45.8 Å². The summed E-state index contributed by atoms with van der Waals surface area (Å²) in [4.78, 5) is 27.6. The Morgan fingerprint density at radius 1 is 1.09 bits per heavy atom. The summed E-state index contributed by atoms with van der Waals surface area (Å²) in [7, 11) is -3.94. The van der Waals surface area contributed by atoms with Crippen LogP contribution in [0.15, 0.2) is 42.5 Å². The van der Waals surface area contributed by atoms with Crippen LogP contribution in [0.5, 0.6) is 0 Å². The lowest BCUT2D eigenvalue weighted by atomic mass is 10.1. The molecule has 0 aliphatic heterocycles. The average Bonchev–Trinajstić information content (AvgIpc) is 2.71. The fourth-order valence-electron chi connectivity index (χ4n) is 3.10. The predicted molar refractivity (Wildman–Crippen MR) is 133 cm³/mol. The summed E-state index contributed by atoms with van der Waals surface area (Å²) in [5.74, 6) is -1.75. The van der Waals surface area contributed by atoms with Gasteiger partial charge in [0.25, 0.3) is 0 Å². The molecule has 0 aliphatic carbocycles. The summed E-state index contributed by atoms with van der Waals surface area (Å²) >= 11 is 11.8. The van der Waals surface area contributed by atoms with Crippen molar-refractivity contribution in [3.8, 4) is 0 Å². The van der Waals surface area contributed by atoms with Gasteiger partial charge in [-0.15, -0.1) is 0 Å². The Balaban J connectivity index is 2.41. The van der Waals surface area contributed by atoms with Crippen LogP contribution in [-0.2, 0) is 26.2 Å². The minimum absolute atomic E-state index is 0.0282. The van der Waals surface area contributed by atoms with Crippen LogP contribution in [0.4, 0.5) is 10.1 Å². The standard InChI is InChI=1S/C23H28Cl2FN3O4S/c1-15(22(31)27-23(2,3)4)28(13-16-6-8-17(24)9-7-16)21(30)14-29(34(5,32)33)18-10-11-20(26)19(25)12-18/h6-12,15H,13-14H2,1-5H3,(H,27,31)/t15-/m1/s1. The van der Waals surface area contributed by atoms with Gasteiger partial charge >= 0.3 is 0 Å². The Kier molecular flexibility index (Phi) is 8.96. The van der Waals surface area contributed by atoms with Crippen LogP contribution >= 0.6 is 23.2 Å². The van der Waals surface area contributed by atoms with E-state index in [9.17, 15) is 22.4 Å². The van der Waals surface area contributed by atoms with Crippen LogP contribution in [0.3, 0.4) is 0 Å². The van der Waals surface area contributed by atoms with Crippen molar-refractivity contribution in [3.63, 3.8) is 0 Å². The topological polar surface area (TPSA) is 86.8 Å². The highest BCUT2D eigenvalue weighted by Crippen LogP contribution is 2.25. The van der Waals surface area contributed by atoms with Gasteiger partial charge in [0.1, 0.15) is 18.4 Å². The number of hydrogen-bond acceptors (Lipinski definition) is 4. The van der Waals surface area contributed by atoms with E-state index in [1.807, 2.05) is 20.8 Å². The van der Waals surface area contributed by atoms with Gasteiger partial charge in [-0.05, 0) is 63.6 Å². The van der Waals surface area contributed by atoms with Crippen LogP contribution in [0.25, 0.3) is 0 Å². The molecule has 0 bridgehead atoms. The smallest absolute Gasteiger partial charge is 0.244 e. The number of rotatable bonds is 8. The number of carbonyl (C=O) groups excluding carboxylic acids is 2. The summed E-state index contributed by atoms with van der Waals surface area (Å²) in [5, 5.41) is 3.06. The van der Waals surface area contributed by atoms with E-state index in [1.54, 1.807) is 31.2 Å². The number of nitrogens with zero attached hydrogens (tertiary/aromatic N) is 2. The molecule has 1 atom stereocenters. The third-order valence-electron chi connectivity index (χ3n) is 4.80. The number of hydrogen-bond donors (Lipinski definition) is 1. The molecule has 2 aromatic carbocycles. The number of amides is 2. The van der Waals surface area contributed by atoms with Gasteiger partial charge in [-0.2, -0.15) is 0 Å². The highest BCUT2D eigenvalue weighted by Gasteiger charge is 2.31. The second kappa shape index (κ2) is 10.9. The van der Waals surface area contributed by atoms with Crippen LogP contribution < -0.4 is 9.62 Å². The zero-order valence-corrected chi connectivity index (χ0v) is 21.9. The van der Waals surface area contributed by atoms with E-state index in [-0.39, 0.29) is 17.3 Å². The fraction of sp³-hybridized carbons (Fsp3) is 0.391. The van der Waals surface area contributed by atoms with Gasteiger partial charge in [-0.25, -0.2) is 12.8 Å². The number of carbonyl (C=O) groups is 2. The fourth-order valence-corrected chi connectivity index (χ4v) is 4.24. The molecule has 2 aromatic rings. The zero-order chi connectivity index (χ0) is 25.8. The molecule has 0 aliphatic rings. The van der Waals surface area contributed by atoms with E-state index in [0.717, 1.165) is 22.7 Å². The Morgan fingerprint density at radius 2 is 1.68 bits per heavy atom. The van der Waals surface area contributed by atoms with Crippen molar-refractivity contribution in [2.24, 2.45) is 0 Å². The molecular weight excluding hydrogens is 504 g/mol. The van der Waals surface area contributed by atoms with Crippen molar-refractivity contribution in [3.05, 3.63) is 63.9 Å². The van der Waals surface area contributed by atoms with Crippen molar-refractivity contribution in [1.82, 2.24) is 10.2 Å². The van der Waals surface area contributed by atoms with E-state index in [0.29, 0.717) is 10.6 Å². The average molecular weight is 532 g/mol. The van der Waals surface area contributed by atoms with E-state index in [4.69, 9.17) is 23.2 Å². The van der Waals surface area contributed by atoms with Crippen LogP contribution in [0, 0.1) is 5.82 Å². The second-order valence-corrected chi connectivity index (χ2v) is 11.7. The lowest BCUT2D eigenvalue weighted by Gasteiger charge is -2.33. The molecule has 0 radical (unpaired) electrons. The molecule has 2 rings (SSSR count). The first-order valence-electron chi connectivity index (χ1n) is 10.4. The summed E-state index contributed by atoms with van der Waals surface area (Å²) in [6, 6.07) is 9.19. The highest BCUT2D eigenvalue weighted by atomic mass is 35.5. The molecule has 0 saturated carbocycles. The molecule has 34 heavy (non-hydrogen) atoms. The Morgan fingerprint density at radius 3 is 2.18 bits per heavy atom. The van der Waals surface area contributed by atoms with Gasteiger partial charge < -0.3 is 10.2 Å². The number of sulfonamides is 1. The maximum atomic E-state index is 13.6. The minimum atomic E-state index is -3.94. The van der Waals surface area contributed by atoms with E-state index in [2.05, 4.69) is 5.32 Å². The highest BCUT2D eigenvalue weighted by molar-refractivity contribution is 7.92. The quantitative estimate of drug-likeness (QED) is 0.552. The van der Waals surface area contributed by atoms with Crippen LogP contribution in [0.2, 0.25) is 10.0 Å².